The molecule has 0 aromatic rings. The van der Waals surface area contributed by atoms with E-state index in [0.29, 0.717) is 0 Å². The van der Waals surface area contributed by atoms with E-state index in [4.69, 9.17) is 0 Å². The number of hydrogen-bond acceptors (Lipinski definition) is 2. The highest BCUT2D eigenvalue weighted by molar-refractivity contribution is 6.87. The molecule has 2 nitrogen and oxygen atoms in total. The van der Waals surface area contributed by atoms with Gasteiger partial charge in [0, 0.05) is 0 Å². The summed E-state index contributed by atoms with van der Waals surface area (Å²) in [6.45, 7) is 19.2. The second-order valence-corrected chi connectivity index (χ2v) is 17.1. The molecular formula is C10H28BFN2Si2. The SMILES string of the molecule is CC(C)(C)N(B(F)N[Si](C)(C)C)[Si](C)(C)C. The summed E-state index contributed by atoms with van der Waals surface area (Å²) in [6, 6.07) is 0. The number of halogens is 1. The molecular weight excluding hydrogens is 234 g/mol. The van der Waals surface area contributed by atoms with Gasteiger partial charge in [0.15, 0.2) is 0 Å². The Morgan fingerprint density at radius 1 is 1.00 bits per heavy atom. The minimum absolute atomic E-state index is 0.128. The molecule has 0 aromatic carbocycles. The summed E-state index contributed by atoms with van der Waals surface area (Å²) in [7, 11) is -4.27. The van der Waals surface area contributed by atoms with Crippen molar-refractivity contribution in [2.75, 3.05) is 0 Å². The maximum absolute atomic E-state index is 14.4. The van der Waals surface area contributed by atoms with Gasteiger partial charge in [0.2, 0.25) is 0 Å². The quantitative estimate of drug-likeness (QED) is 0.782. The van der Waals surface area contributed by atoms with Crippen LogP contribution in [0.5, 0.6) is 0 Å². The Balaban J connectivity index is 4.94. The second kappa shape index (κ2) is 4.92. The van der Waals surface area contributed by atoms with Crippen molar-refractivity contribution < 1.29 is 4.32 Å². The largest absolute Gasteiger partial charge is 0.504 e. The number of nitrogens with one attached hydrogen (secondary N) is 1. The van der Waals surface area contributed by atoms with Gasteiger partial charge >= 0.3 is 7.26 Å². The third-order valence-corrected chi connectivity index (χ3v) is 5.67. The number of hydrogen-bond donors (Lipinski definition) is 1. The Kier molecular flexibility index (Phi) is 5.03. The lowest BCUT2D eigenvalue weighted by molar-refractivity contribution is 0.333. The zero-order chi connectivity index (χ0) is 13.4. The molecule has 0 atom stereocenters. The van der Waals surface area contributed by atoms with Crippen LogP contribution in [0.15, 0.2) is 0 Å². The Labute approximate surface area is 103 Å². The molecule has 0 unspecified atom stereocenters. The van der Waals surface area contributed by atoms with Gasteiger partial charge in [-0.25, -0.2) is 0 Å². The van der Waals surface area contributed by atoms with Gasteiger partial charge in [0.25, 0.3) is 0 Å². The summed E-state index contributed by atoms with van der Waals surface area (Å²) in [5, 5.41) is 0. The smallest absolute Gasteiger partial charge is 0.335 e. The summed E-state index contributed by atoms with van der Waals surface area (Å²) < 4.78 is 16.5. The van der Waals surface area contributed by atoms with E-state index in [1.807, 2.05) is 4.48 Å². The summed E-state index contributed by atoms with van der Waals surface area (Å²) in [4.78, 5) is 3.17. The normalized spacial score (nSPS) is 14.4. The minimum Gasteiger partial charge on any atom is -0.335 e. The highest BCUT2D eigenvalue weighted by Gasteiger charge is 2.43. The standard InChI is InChI=1S/C10H28BFN2Si2/c1-10(2,3)14(16(7,8)9)11(12)13-15(4,5)6/h13H,1-9H3. The molecule has 0 radical (unpaired) electrons. The Morgan fingerprint density at radius 2 is 1.38 bits per heavy atom. The average molecular weight is 262 g/mol. The third-order valence-electron chi connectivity index (χ3n) is 2.22. The zero-order valence-corrected chi connectivity index (χ0v) is 14.4. The van der Waals surface area contributed by atoms with Gasteiger partial charge in [-0.1, -0.05) is 39.3 Å². The molecule has 0 saturated heterocycles. The number of rotatable bonds is 4. The molecule has 1 N–H and O–H groups in total. The fourth-order valence-corrected chi connectivity index (χ4v) is 5.84. The fraction of sp³-hybridized carbons (Fsp3) is 1.00. The van der Waals surface area contributed by atoms with Crippen molar-refractivity contribution in [3.63, 3.8) is 0 Å². The molecule has 0 aliphatic heterocycles. The monoisotopic (exact) mass is 262 g/mol. The second-order valence-electron chi connectivity index (χ2n) is 7.44. The first-order chi connectivity index (χ1) is 6.75. The van der Waals surface area contributed by atoms with Crippen LogP contribution < -0.4 is 4.89 Å². The predicted molar refractivity (Wildman–Crippen MR) is 78.3 cm³/mol. The van der Waals surface area contributed by atoms with Crippen LogP contribution in [-0.2, 0) is 0 Å². The van der Waals surface area contributed by atoms with Crippen molar-refractivity contribution >= 4 is 23.7 Å². The molecule has 6 heteroatoms. The van der Waals surface area contributed by atoms with Crippen LogP contribution in [0.1, 0.15) is 20.8 Å². The highest BCUT2D eigenvalue weighted by atomic mass is 28.3. The van der Waals surface area contributed by atoms with Crippen molar-refractivity contribution in [2.24, 2.45) is 0 Å². The summed E-state index contributed by atoms with van der Waals surface area (Å²) in [5.74, 6) is 0. The predicted octanol–water partition coefficient (Wildman–Crippen LogP) is 3.30. The van der Waals surface area contributed by atoms with Gasteiger partial charge in [-0.2, -0.15) is 0 Å². The fourth-order valence-electron chi connectivity index (χ4n) is 2.11. The lowest BCUT2D eigenvalue weighted by atomic mass is 9.98. The van der Waals surface area contributed by atoms with Crippen LogP contribution in [0, 0.1) is 0 Å². The van der Waals surface area contributed by atoms with Gasteiger partial charge < -0.3 is 9.37 Å². The molecule has 0 rings (SSSR count). The molecule has 0 aliphatic rings. The Bertz CT molecular complexity index is 216. The van der Waals surface area contributed by atoms with E-state index in [9.17, 15) is 4.32 Å². The lowest BCUT2D eigenvalue weighted by Crippen LogP contribution is -2.68. The molecule has 16 heavy (non-hydrogen) atoms. The van der Waals surface area contributed by atoms with E-state index in [1.54, 1.807) is 0 Å². The van der Waals surface area contributed by atoms with Crippen LogP contribution in [0.2, 0.25) is 39.3 Å². The maximum atomic E-state index is 14.4. The number of nitrogens with zero attached hydrogens (tertiary/aromatic N) is 1. The maximum Gasteiger partial charge on any atom is 0.504 e. The minimum atomic E-state index is -1.67. The molecule has 0 amide bonds. The molecule has 0 spiro atoms. The van der Waals surface area contributed by atoms with Crippen molar-refractivity contribution in [3.8, 4) is 0 Å². The van der Waals surface area contributed by atoms with E-state index in [2.05, 4.69) is 64.9 Å². The first kappa shape index (κ1) is 16.3. The Morgan fingerprint density at radius 3 is 1.56 bits per heavy atom. The van der Waals surface area contributed by atoms with E-state index < -0.39 is 23.7 Å². The molecule has 0 saturated carbocycles. The molecule has 0 aromatic heterocycles. The van der Waals surface area contributed by atoms with Gasteiger partial charge in [0.1, 0.15) is 16.5 Å². The van der Waals surface area contributed by atoms with E-state index in [-0.39, 0.29) is 5.54 Å². The lowest BCUT2D eigenvalue weighted by Gasteiger charge is -2.46. The van der Waals surface area contributed by atoms with Gasteiger partial charge in [-0.15, -0.1) is 0 Å². The molecule has 0 heterocycles. The van der Waals surface area contributed by atoms with Gasteiger partial charge in [-0.05, 0) is 26.3 Å². The molecule has 0 aliphatic carbocycles. The van der Waals surface area contributed by atoms with Crippen LogP contribution in [-0.4, -0.2) is 33.7 Å². The van der Waals surface area contributed by atoms with Gasteiger partial charge in [0.05, 0.1) is 0 Å². The zero-order valence-electron chi connectivity index (χ0n) is 12.4. The summed E-state index contributed by atoms with van der Waals surface area (Å²) >= 11 is 0. The van der Waals surface area contributed by atoms with Crippen LogP contribution in [0.4, 0.5) is 4.32 Å². The molecule has 0 bridgehead atoms. The molecule has 96 valence electrons. The van der Waals surface area contributed by atoms with E-state index >= 15 is 0 Å². The van der Waals surface area contributed by atoms with Crippen LogP contribution in [0.25, 0.3) is 0 Å². The first-order valence-electron chi connectivity index (χ1n) is 5.96. The van der Waals surface area contributed by atoms with Crippen molar-refractivity contribution in [2.45, 2.75) is 65.6 Å². The first-order valence-corrected chi connectivity index (χ1v) is 12.9. The van der Waals surface area contributed by atoms with Crippen LogP contribution >= 0.6 is 0 Å². The van der Waals surface area contributed by atoms with Crippen LogP contribution in [0.3, 0.4) is 0 Å². The summed E-state index contributed by atoms with van der Waals surface area (Å²) in [6.07, 6.45) is 0. The van der Waals surface area contributed by atoms with Gasteiger partial charge in [-0.3, -0.25) is 4.32 Å². The van der Waals surface area contributed by atoms with Crippen molar-refractivity contribution in [1.29, 1.82) is 0 Å². The highest BCUT2D eigenvalue weighted by Crippen LogP contribution is 2.24. The van der Waals surface area contributed by atoms with E-state index in [0.717, 1.165) is 0 Å². The summed E-state index contributed by atoms with van der Waals surface area (Å²) in [5.41, 5.74) is -0.128. The Hall–Kier alpha value is 0.349. The van der Waals surface area contributed by atoms with Crippen molar-refractivity contribution in [1.82, 2.24) is 9.37 Å². The third kappa shape index (κ3) is 5.61. The van der Waals surface area contributed by atoms with Crippen molar-refractivity contribution in [3.05, 3.63) is 0 Å². The van der Waals surface area contributed by atoms with E-state index in [1.165, 1.54) is 0 Å². The average Bonchev–Trinajstić information content (AvgIpc) is 1.70. The topological polar surface area (TPSA) is 15.3 Å². The molecule has 0 fully saturated rings.